The third kappa shape index (κ3) is 1.68. The highest BCUT2D eigenvalue weighted by molar-refractivity contribution is 5.91. The van der Waals surface area contributed by atoms with E-state index in [1.807, 2.05) is 0 Å². The molecular weight excluding hydrogens is 210 g/mol. The highest BCUT2D eigenvalue weighted by Crippen LogP contribution is 2.13. The maximum absolute atomic E-state index is 10.9. The molecule has 0 atom stereocenters. The van der Waals surface area contributed by atoms with Crippen molar-refractivity contribution < 1.29 is 14.7 Å². The first kappa shape index (κ1) is 10.0. The largest absolute Gasteiger partial charge is 0.478 e. The second kappa shape index (κ2) is 3.93. The molecule has 1 aromatic heterocycles. The average Bonchev–Trinajstić information content (AvgIpc) is 2.77. The number of hydrogen-bond donors (Lipinski definition) is 1. The predicted octanol–water partition coefficient (Wildman–Crippen LogP) is 0.778. The number of para-hydroxylation sites is 1. The maximum Gasteiger partial charge on any atom is 0.337 e. The van der Waals surface area contributed by atoms with E-state index in [1.54, 1.807) is 18.2 Å². The lowest BCUT2D eigenvalue weighted by Gasteiger charge is -2.03. The Bertz CT molecular complexity index is 548. The molecule has 0 saturated carbocycles. The van der Waals surface area contributed by atoms with Gasteiger partial charge in [-0.05, 0) is 12.1 Å². The first-order valence-corrected chi connectivity index (χ1v) is 4.42. The first-order chi connectivity index (χ1) is 7.72. The SMILES string of the molecule is O=Cc1cn(-c2ccccc2C(=O)O)nn1. The Labute approximate surface area is 90.1 Å². The van der Waals surface area contributed by atoms with Gasteiger partial charge in [0, 0.05) is 0 Å². The molecule has 0 amide bonds. The van der Waals surface area contributed by atoms with Crippen LogP contribution in [0.2, 0.25) is 0 Å². The molecule has 0 radical (unpaired) electrons. The second-order valence-corrected chi connectivity index (χ2v) is 3.03. The van der Waals surface area contributed by atoms with Crippen LogP contribution in [-0.2, 0) is 0 Å². The molecule has 6 heteroatoms. The molecule has 1 heterocycles. The van der Waals surface area contributed by atoms with Gasteiger partial charge in [-0.1, -0.05) is 17.3 Å². The van der Waals surface area contributed by atoms with Crippen molar-refractivity contribution in [1.82, 2.24) is 15.0 Å². The van der Waals surface area contributed by atoms with Gasteiger partial charge in [0.2, 0.25) is 0 Å². The van der Waals surface area contributed by atoms with Gasteiger partial charge in [0.25, 0.3) is 0 Å². The quantitative estimate of drug-likeness (QED) is 0.768. The summed E-state index contributed by atoms with van der Waals surface area (Å²) in [6.07, 6.45) is 1.92. The van der Waals surface area contributed by atoms with Crippen molar-refractivity contribution in [2.24, 2.45) is 0 Å². The third-order valence-electron chi connectivity index (χ3n) is 2.01. The Morgan fingerprint density at radius 1 is 1.38 bits per heavy atom. The zero-order chi connectivity index (χ0) is 11.5. The Kier molecular flexibility index (Phi) is 2.47. The van der Waals surface area contributed by atoms with Crippen LogP contribution in [0.25, 0.3) is 5.69 Å². The summed E-state index contributed by atoms with van der Waals surface area (Å²) in [4.78, 5) is 21.4. The number of benzene rings is 1. The summed E-state index contributed by atoms with van der Waals surface area (Å²) in [6.45, 7) is 0. The molecule has 0 aliphatic rings. The zero-order valence-corrected chi connectivity index (χ0v) is 8.07. The lowest BCUT2D eigenvalue weighted by Crippen LogP contribution is -2.05. The van der Waals surface area contributed by atoms with Crippen LogP contribution < -0.4 is 0 Å². The van der Waals surface area contributed by atoms with Gasteiger partial charge in [0.15, 0.2) is 6.29 Å². The number of aromatic carboxylic acids is 1. The van der Waals surface area contributed by atoms with E-state index in [2.05, 4.69) is 10.3 Å². The van der Waals surface area contributed by atoms with Crippen LogP contribution in [0.5, 0.6) is 0 Å². The molecule has 2 aromatic rings. The fraction of sp³-hybridized carbons (Fsp3) is 0. The minimum Gasteiger partial charge on any atom is -0.478 e. The summed E-state index contributed by atoms with van der Waals surface area (Å²) < 4.78 is 1.26. The molecule has 1 aromatic carbocycles. The van der Waals surface area contributed by atoms with Gasteiger partial charge in [-0.3, -0.25) is 4.79 Å². The normalized spacial score (nSPS) is 10.0. The predicted molar refractivity (Wildman–Crippen MR) is 53.7 cm³/mol. The number of rotatable bonds is 3. The van der Waals surface area contributed by atoms with Gasteiger partial charge in [-0.25, -0.2) is 9.48 Å². The molecule has 2 rings (SSSR count). The van der Waals surface area contributed by atoms with E-state index in [-0.39, 0.29) is 11.3 Å². The minimum atomic E-state index is -1.06. The van der Waals surface area contributed by atoms with Gasteiger partial charge in [-0.15, -0.1) is 5.10 Å². The summed E-state index contributed by atoms with van der Waals surface area (Å²) >= 11 is 0. The molecule has 6 nitrogen and oxygen atoms in total. The summed E-state index contributed by atoms with van der Waals surface area (Å²) in [5, 5.41) is 16.2. The van der Waals surface area contributed by atoms with Gasteiger partial charge < -0.3 is 5.11 Å². The third-order valence-corrected chi connectivity index (χ3v) is 2.01. The lowest BCUT2D eigenvalue weighted by atomic mass is 10.2. The number of carbonyl (C=O) groups is 2. The standard InChI is InChI=1S/C10H7N3O3/c14-6-7-5-13(12-11-7)9-4-2-1-3-8(9)10(15)16/h1-6H,(H,15,16). The van der Waals surface area contributed by atoms with Crippen LogP contribution in [0.1, 0.15) is 20.8 Å². The Morgan fingerprint density at radius 3 is 2.75 bits per heavy atom. The molecule has 0 spiro atoms. The van der Waals surface area contributed by atoms with Crippen molar-refractivity contribution in [3.05, 3.63) is 41.7 Å². The number of aldehydes is 1. The average molecular weight is 217 g/mol. The summed E-state index contributed by atoms with van der Waals surface area (Å²) in [5.41, 5.74) is 0.626. The Balaban J connectivity index is 2.54. The number of carbonyl (C=O) groups excluding carboxylic acids is 1. The molecule has 16 heavy (non-hydrogen) atoms. The number of carboxylic acid groups (broad SMARTS) is 1. The van der Waals surface area contributed by atoms with Crippen molar-refractivity contribution in [3.8, 4) is 5.69 Å². The number of carboxylic acids is 1. The Morgan fingerprint density at radius 2 is 2.12 bits per heavy atom. The van der Waals surface area contributed by atoms with E-state index in [0.717, 1.165) is 0 Å². The highest BCUT2D eigenvalue weighted by Gasteiger charge is 2.11. The van der Waals surface area contributed by atoms with Crippen LogP contribution in [0.15, 0.2) is 30.5 Å². The summed E-state index contributed by atoms with van der Waals surface area (Å²) in [7, 11) is 0. The number of hydrogen-bond acceptors (Lipinski definition) is 4. The van der Waals surface area contributed by atoms with Crippen LogP contribution in [0, 0.1) is 0 Å². The van der Waals surface area contributed by atoms with E-state index in [1.165, 1.54) is 16.9 Å². The highest BCUT2D eigenvalue weighted by atomic mass is 16.4. The molecule has 0 bridgehead atoms. The van der Waals surface area contributed by atoms with Crippen molar-refractivity contribution in [3.63, 3.8) is 0 Å². The number of aromatic nitrogens is 3. The van der Waals surface area contributed by atoms with Gasteiger partial charge >= 0.3 is 5.97 Å². The van der Waals surface area contributed by atoms with Crippen LogP contribution >= 0.6 is 0 Å². The molecule has 1 N–H and O–H groups in total. The second-order valence-electron chi connectivity index (χ2n) is 3.03. The topological polar surface area (TPSA) is 85.1 Å². The fourth-order valence-electron chi connectivity index (χ4n) is 1.30. The molecule has 0 fully saturated rings. The molecule has 0 aliphatic carbocycles. The molecular formula is C10H7N3O3. The summed E-state index contributed by atoms with van der Waals surface area (Å²) in [5.74, 6) is -1.06. The molecule has 0 aliphatic heterocycles. The van der Waals surface area contributed by atoms with Crippen molar-refractivity contribution in [2.45, 2.75) is 0 Å². The van der Waals surface area contributed by atoms with E-state index in [9.17, 15) is 9.59 Å². The smallest absolute Gasteiger partial charge is 0.337 e. The molecule has 80 valence electrons. The van der Waals surface area contributed by atoms with E-state index < -0.39 is 5.97 Å². The minimum absolute atomic E-state index is 0.102. The van der Waals surface area contributed by atoms with E-state index >= 15 is 0 Å². The van der Waals surface area contributed by atoms with E-state index in [4.69, 9.17) is 5.11 Å². The van der Waals surface area contributed by atoms with Crippen molar-refractivity contribution in [1.29, 1.82) is 0 Å². The van der Waals surface area contributed by atoms with Crippen molar-refractivity contribution >= 4 is 12.3 Å². The molecule has 0 unspecified atom stereocenters. The summed E-state index contributed by atoms with van der Waals surface area (Å²) in [6, 6.07) is 6.35. The first-order valence-electron chi connectivity index (χ1n) is 4.42. The fourth-order valence-corrected chi connectivity index (χ4v) is 1.30. The van der Waals surface area contributed by atoms with Gasteiger partial charge in [0.05, 0.1) is 17.4 Å². The number of nitrogens with zero attached hydrogens (tertiary/aromatic N) is 3. The van der Waals surface area contributed by atoms with Crippen molar-refractivity contribution in [2.75, 3.05) is 0 Å². The van der Waals surface area contributed by atoms with Crippen LogP contribution in [-0.4, -0.2) is 32.4 Å². The van der Waals surface area contributed by atoms with Crippen LogP contribution in [0.4, 0.5) is 0 Å². The van der Waals surface area contributed by atoms with Gasteiger partial charge in [0.1, 0.15) is 5.69 Å². The zero-order valence-electron chi connectivity index (χ0n) is 8.07. The van der Waals surface area contributed by atoms with Crippen LogP contribution in [0.3, 0.4) is 0 Å². The Hall–Kier alpha value is -2.50. The lowest BCUT2D eigenvalue weighted by molar-refractivity contribution is 0.0696. The maximum atomic E-state index is 10.9. The molecule has 0 saturated heterocycles. The van der Waals surface area contributed by atoms with Gasteiger partial charge in [-0.2, -0.15) is 0 Å². The monoisotopic (exact) mass is 217 g/mol. The van der Waals surface area contributed by atoms with E-state index in [0.29, 0.717) is 12.0 Å².